The van der Waals surface area contributed by atoms with Crippen LogP contribution in [0.15, 0.2) is 29.3 Å². The van der Waals surface area contributed by atoms with Crippen LogP contribution < -0.4 is 10.6 Å². The fraction of sp³-hybridized carbons (Fsp3) is 0.308. The van der Waals surface area contributed by atoms with Crippen molar-refractivity contribution in [3.8, 4) is 0 Å². The van der Waals surface area contributed by atoms with Crippen molar-refractivity contribution in [3.05, 3.63) is 29.8 Å². The molecule has 2 amide bonds. The van der Waals surface area contributed by atoms with Crippen LogP contribution in [0.4, 0.5) is 5.69 Å². The molecule has 1 unspecified atom stereocenters. The average molecular weight is 277 g/mol. The van der Waals surface area contributed by atoms with E-state index in [2.05, 4.69) is 22.5 Å². The molecule has 19 heavy (non-hydrogen) atoms. The van der Waals surface area contributed by atoms with Crippen molar-refractivity contribution in [1.82, 2.24) is 5.32 Å². The van der Waals surface area contributed by atoms with Gasteiger partial charge in [0.2, 0.25) is 5.91 Å². The van der Waals surface area contributed by atoms with E-state index in [4.69, 9.17) is 0 Å². The van der Waals surface area contributed by atoms with Gasteiger partial charge < -0.3 is 10.6 Å². The van der Waals surface area contributed by atoms with Crippen molar-refractivity contribution in [2.24, 2.45) is 4.99 Å². The maximum absolute atomic E-state index is 12.2. The van der Waals surface area contributed by atoms with Gasteiger partial charge in [0.05, 0.1) is 17.8 Å². The Kier molecular flexibility index (Phi) is 4.21. The molecule has 0 saturated carbocycles. The van der Waals surface area contributed by atoms with E-state index in [0.29, 0.717) is 28.2 Å². The Bertz CT molecular complexity index is 542. The first-order valence-corrected chi connectivity index (χ1v) is 6.83. The largest absolute Gasteiger partial charge is 0.326 e. The molecule has 1 aliphatic rings. The quantitative estimate of drug-likeness (QED) is 0.867. The Balaban J connectivity index is 2.12. The Morgan fingerprint density at radius 1 is 1.32 bits per heavy atom. The highest BCUT2D eigenvalue weighted by molar-refractivity contribution is 8.14. The number of carbonyl (C=O) groups excluding carboxylic acids is 2. The van der Waals surface area contributed by atoms with E-state index >= 15 is 0 Å². The van der Waals surface area contributed by atoms with Crippen molar-refractivity contribution < 1.29 is 9.59 Å². The number of thioether (sulfide) groups is 1. The first kappa shape index (κ1) is 13.6. The topological polar surface area (TPSA) is 70.6 Å². The summed E-state index contributed by atoms with van der Waals surface area (Å²) in [5, 5.41) is 6.43. The minimum atomic E-state index is -0.260. The Labute approximate surface area is 115 Å². The molecule has 0 bridgehead atoms. The lowest BCUT2D eigenvalue weighted by Gasteiger charge is -2.10. The van der Waals surface area contributed by atoms with Gasteiger partial charge in [-0.05, 0) is 12.1 Å². The third-order valence-corrected chi connectivity index (χ3v) is 3.51. The number of amidine groups is 1. The van der Waals surface area contributed by atoms with Crippen molar-refractivity contribution in [3.63, 3.8) is 0 Å². The second-order valence-corrected chi connectivity index (χ2v) is 5.68. The molecule has 6 heteroatoms. The van der Waals surface area contributed by atoms with Gasteiger partial charge >= 0.3 is 0 Å². The third kappa shape index (κ3) is 3.57. The second kappa shape index (κ2) is 5.88. The van der Waals surface area contributed by atoms with Crippen molar-refractivity contribution >= 4 is 34.4 Å². The van der Waals surface area contributed by atoms with E-state index in [1.165, 1.54) is 18.7 Å². The molecule has 2 N–H and O–H groups in total. The zero-order valence-corrected chi connectivity index (χ0v) is 11.6. The standard InChI is InChI=1S/C13H15N3O2S/c1-8-7-14-13(19-8)16-12(18)10-5-3-4-6-11(10)15-9(2)17/h3-6,8H,7H2,1-2H3,(H,15,17)(H,14,16,18). The van der Waals surface area contributed by atoms with Crippen LogP contribution in [-0.2, 0) is 4.79 Å². The minimum absolute atomic E-state index is 0.207. The highest BCUT2D eigenvalue weighted by Gasteiger charge is 2.19. The van der Waals surface area contributed by atoms with Crippen LogP contribution >= 0.6 is 11.8 Å². The molecule has 0 aromatic heterocycles. The van der Waals surface area contributed by atoms with Crippen LogP contribution in [0, 0.1) is 0 Å². The highest BCUT2D eigenvalue weighted by atomic mass is 32.2. The summed E-state index contributed by atoms with van der Waals surface area (Å²) in [7, 11) is 0. The number of hydrogen-bond donors (Lipinski definition) is 2. The van der Waals surface area contributed by atoms with Gasteiger partial charge in [-0.25, -0.2) is 0 Å². The van der Waals surface area contributed by atoms with Gasteiger partial charge in [-0.1, -0.05) is 30.8 Å². The second-order valence-electron chi connectivity index (χ2n) is 4.26. The number of carbonyl (C=O) groups is 2. The number of aliphatic imine (C=N–C) groups is 1. The van der Waals surface area contributed by atoms with Crippen LogP contribution in [-0.4, -0.2) is 28.8 Å². The molecular weight excluding hydrogens is 262 g/mol. The molecule has 1 aromatic carbocycles. The fourth-order valence-corrected chi connectivity index (χ4v) is 2.52. The van der Waals surface area contributed by atoms with Crippen molar-refractivity contribution in [2.45, 2.75) is 19.1 Å². The maximum Gasteiger partial charge on any atom is 0.259 e. The summed E-state index contributed by atoms with van der Waals surface area (Å²) in [4.78, 5) is 27.5. The normalized spacial score (nSPS) is 17.8. The van der Waals surface area contributed by atoms with E-state index in [-0.39, 0.29) is 11.8 Å². The number of hydrogen-bond acceptors (Lipinski definition) is 4. The van der Waals surface area contributed by atoms with Crippen LogP contribution in [0.1, 0.15) is 24.2 Å². The third-order valence-electron chi connectivity index (χ3n) is 2.51. The summed E-state index contributed by atoms with van der Waals surface area (Å²) in [6.45, 7) is 4.18. The highest BCUT2D eigenvalue weighted by Crippen LogP contribution is 2.20. The van der Waals surface area contributed by atoms with E-state index in [0.717, 1.165) is 0 Å². The number of rotatable bonds is 2. The van der Waals surface area contributed by atoms with E-state index in [1.807, 2.05) is 0 Å². The lowest BCUT2D eigenvalue weighted by atomic mass is 10.1. The number of anilines is 1. The molecular formula is C13H15N3O2S. The Morgan fingerprint density at radius 2 is 2.05 bits per heavy atom. The number of nitrogens with one attached hydrogen (secondary N) is 2. The predicted molar refractivity (Wildman–Crippen MR) is 77.6 cm³/mol. The average Bonchev–Trinajstić information content (AvgIpc) is 2.74. The van der Waals surface area contributed by atoms with Gasteiger partial charge in [0.25, 0.3) is 5.91 Å². The van der Waals surface area contributed by atoms with Crippen LogP contribution in [0.25, 0.3) is 0 Å². The molecule has 1 aromatic rings. The van der Waals surface area contributed by atoms with Crippen LogP contribution in [0.3, 0.4) is 0 Å². The van der Waals surface area contributed by atoms with Gasteiger partial charge in [-0.2, -0.15) is 0 Å². The van der Waals surface area contributed by atoms with Gasteiger partial charge in [0, 0.05) is 12.2 Å². The van der Waals surface area contributed by atoms with Crippen LogP contribution in [0.5, 0.6) is 0 Å². The SMILES string of the molecule is CC(=O)Nc1ccccc1C(=O)NC1=NCC(C)S1. The molecule has 0 spiro atoms. The molecule has 1 atom stereocenters. The lowest BCUT2D eigenvalue weighted by molar-refractivity contribution is -0.114. The summed E-state index contributed by atoms with van der Waals surface area (Å²) in [5.41, 5.74) is 0.935. The number of para-hydroxylation sites is 1. The van der Waals surface area contributed by atoms with E-state index in [1.54, 1.807) is 24.3 Å². The smallest absolute Gasteiger partial charge is 0.259 e. The molecule has 2 rings (SSSR count). The lowest BCUT2D eigenvalue weighted by Crippen LogP contribution is -2.28. The number of amides is 2. The zero-order chi connectivity index (χ0) is 13.8. The van der Waals surface area contributed by atoms with Crippen molar-refractivity contribution in [1.29, 1.82) is 0 Å². The first-order valence-electron chi connectivity index (χ1n) is 5.95. The predicted octanol–water partition coefficient (Wildman–Crippen LogP) is 1.87. The van der Waals surface area contributed by atoms with E-state index < -0.39 is 0 Å². The monoisotopic (exact) mass is 277 g/mol. The molecule has 0 fully saturated rings. The molecule has 5 nitrogen and oxygen atoms in total. The Morgan fingerprint density at radius 3 is 2.68 bits per heavy atom. The van der Waals surface area contributed by atoms with Crippen molar-refractivity contribution in [2.75, 3.05) is 11.9 Å². The summed E-state index contributed by atoms with van der Waals surface area (Å²) in [5.74, 6) is -0.467. The molecule has 0 aliphatic carbocycles. The Hall–Kier alpha value is -1.82. The van der Waals surface area contributed by atoms with Crippen LogP contribution in [0.2, 0.25) is 0 Å². The maximum atomic E-state index is 12.2. The summed E-state index contributed by atoms with van der Waals surface area (Å²) in [6.07, 6.45) is 0. The summed E-state index contributed by atoms with van der Waals surface area (Å²) >= 11 is 1.54. The van der Waals surface area contributed by atoms with Gasteiger partial charge in [-0.3, -0.25) is 14.6 Å². The number of nitrogens with zero attached hydrogens (tertiary/aromatic N) is 1. The van der Waals surface area contributed by atoms with E-state index in [9.17, 15) is 9.59 Å². The zero-order valence-electron chi connectivity index (χ0n) is 10.8. The molecule has 0 saturated heterocycles. The fourth-order valence-electron chi connectivity index (χ4n) is 1.69. The molecule has 100 valence electrons. The van der Waals surface area contributed by atoms with Gasteiger partial charge in [0.15, 0.2) is 5.17 Å². The molecule has 1 aliphatic heterocycles. The molecule has 0 radical (unpaired) electrons. The van der Waals surface area contributed by atoms with Gasteiger partial charge in [0.1, 0.15) is 0 Å². The minimum Gasteiger partial charge on any atom is -0.326 e. The summed E-state index contributed by atoms with van der Waals surface area (Å²) in [6, 6.07) is 6.89. The summed E-state index contributed by atoms with van der Waals surface area (Å²) < 4.78 is 0. The molecule has 1 heterocycles. The number of benzene rings is 1. The van der Waals surface area contributed by atoms with Gasteiger partial charge in [-0.15, -0.1) is 0 Å². The first-order chi connectivity index (χ1) is 9.06.